The number of rotatable bonds is 4. The molecule has 0 bridgehead atoms. The molecular weight excluding hydrogens is 294 g/mol. The second-order valence-corrected chi connectivity index (χ2v) is 6.16. The molecule has 1 heterocycles. The van der Waals surface area contributed by atoms with Gasteiger partial charge in [-0.15, -0.1) is 0 Å². The van der Waals surface area contributed by atoms with Gasteiger partial charge in [0.2, 0.25) is 0 Å². The topological polar surface area (TPSA) is 6.48 Å². The number of hydrogen-bond acceptors (Lipinski definition) is 2. The lowest BCUT2D eigenvalue weighted by Crippen LogP contribution is -2.30. The van der Waals surface area contributed by atoms with E-state index < -0.39 is 0 Å². The van der Waals surface area contributed by atoms with Crippen molar-refractivity contribution in [1.29, 1.82) is 0 Å². The van der Waals surface area contributed by atoms with E-state index in [9.17, 15) is 8.78 Å². The van der Waals surface area contributed by atoms with Crippen LogP contribution >= 0.6 is 0 Å². The molecule has 1 aliphatic rings. The quantitative estimate of drug-likeness (QED) is 0.849. The van der Waals surface area contributed by atoms with Gasteiger partial charge in [0, 0.05) is 26.2 Å². The smallest absolute Gasteiger partial charge is 0.123 e. The maximum atomic E-state index is 13.0. The monoisotopic (exact) mass is 316 g/mol. The molecule has 0 unspecified atom stereocenters. The van der Waals surface area contributed by atoms with Crippen LogP contribution in [0.25, 0.3) is 0 Å². The molecule has 0 aliphatic carbocycles. The average molecular weight is 316 g/mol. The van der Waals surface area contributed by atoms with Gasteiger partial charge >= 0.3 is 0 Å². The Morgan fingerprint density at radius 2 is 1.00 bits per heavy atom. The molecule has 2 nitrogen and oxygen atoms in total. The molecular formula is C19H22F2N2. The van der Waals surface area contributed by atoms with E-state index in [4.69, 9.17) is 0 Å². The van der Waals surface area contributed by atoms with E-state index in [1.807, 2.05) is 24.3 Å². The third-order valence-corrected chi connectivity index (χ3v) is 4.32. The second kappa shape index (κ2) is 7.66. The number of benzene rings is 2. The lowest BCUT2D eigenvalue weighted by molar-refractivity contribution is 0.247. The highest BCUT2D eigenvalue weighted by Gasteiger charge is 2.15. The predicted molar refractivity (Wildman–Crippen MR) is 88.0 cm³/mol. The van der Waals surface area contributed by atoms with E-state index >= 15 is 0 Å². The van der Waals surface area contributed by atoms with Crippen LogP contribution in [0.1, 0.15) is 17.5 Å². The van der Waals surface area contributed by atoms with Crippen LogP contribution < -0.4 is 0 Å². The molecule has 0 saturated carbocycles. The largest absolute Gasteiger partial charge is 0.298 e. The maximum Gasteiger partial charge on any atom is 0.123 e. The van der Waals surface area contributed by atoms with E-state index in [2.05, 4.69) is 9.80 Å². The van der Waals surface area contributed by atoms with Gasteiger partial charge < -0.3 is 0 Å². The predicted octanol–water partition coefficient (Wildman–Crippen LogP) is 3.67. The standard InChI is InChI=1S/C19H22F2N2/c20-18-6-2-16(3-7-18)14-22-10-1-11-23(13-12-22)15-17-4-8-19(21)9-5-17/h2-9H,1,10-15H2. The molecule has 0 amide bonds. The van der Waals surface area contributed by atoms with Crippen LogP contribution in [-0.2, 0) is 13.1 Å². The van der Waals surface area contributed by atoms with Gasteiger partial charge in [-0.25, -0.2) is 8.78 Å². The van der Waals surface area contributed by atoms with E-state index in [0.717, 1.165) is 56.8 Å². The van der Waals surface area contributed by atoms with Crippen molar-refractivity contribution in [3.05, 3.63) is 71.3 Å². The highest BCUT2D eigenvalue weighted by Crippen LogP contribution is 2.12. The first kappa shape index (κ1) is 16.1. The SMILES string of the molecule is Fc1ccc(CN2CCCN(Cc3ccc(F)cc3)CC2)cc1. The summed E-state index contributed by atoms with van der Waals surface area (Å²) in [5.41, 5.74) is 2.30. The summed E-state index contributed by atoms with van der Waals surface area (Å²) in [4.78, 5) is 4.83. The van der Waals surface area contributed by atoms with Crippen LogP contribution in [0.3, 0.4) is 0 Å². The summed E-state index contributed by atoms with van der Waals surface area (Å²) in [6, 6.07) is 13.5. The van der Waals surface area contributed by atoms with Crippen molar-refractivity contribution in [2.24, 2.45) is 0 Å². The molecule has 2 aromatic carbocycles. The summed E-state index contributed by atoms with van der Waals surface area (Å²) in [7, 11) is 0. The molecule has 122 valence electrons. The summed E-state index contributed by atoms with van der Waals surface area (Å²) in [5, 5.41) is 0. The summed E-state index contributed by atoms with van der Waals surface area (Å²) in [6.45, 7) is 5.83. The first-order valence-corrected chi connectivity index (χ1v) is 8.13. The molecule has 2 aromatic rings. The minimum absolute atomic E-state index is 0.185. The average Bonchev–Trinajstić information content (AvgIpc) is 2.77. The van der Waals surface area contributed by atoms with Gasteiger partial charge in [-0.2, -0.15) is 0 Å². The van der Waals surface area contributed by atoms with Gasteiger partial charge in [-0.05, 0) is 54.9 Å². The first-order chi connectivity index (χ1) is 11.2. The number of halogens is 2. The normalized spacial score (nSPS) is 17.1. The summed E-state index contributed by atoms with van der Waals surface area (Å²) >= 11 is 0. The van der Waals surface area contributed by atoms with Gasteiger partial charge in [0.25, 0.3) is 0 Å². The molecule has 1 fully saturated rings. The second-order valence-electron chi connectivity index (χ2n) is 6.16. The fourth-order valence-corrected chi connectivity index (χ4v) is 3.04. The summed E-state index contributed by atoms with van der Waals surface area (Å²) in [5.74, 6) is -0.370. The zero-order chi connectivity index (χ0) is 16.1. The molecule has 1 aliphatic heterocycles. The van der Waals surface area contributed by atoms with Crippen LogP contribution in [0.15, 0.2) is 48.5 Å². The van der Waals surface area contributed by atoms with E-state index in [1.165, 1.54) is 24.3 Å². The van der Waals surface area contributed by atoms with Crippen LogP contribution in [-0.4, -0.2) is 36.0 Å². The van der Waals surface area contributed by atoms with Crippen LogP contribution in [0, 0.1) is 11.6 Å². The zero-order valence-electron chi connectivity index (χ0n) is 13.2. The molecule has 23 heavy (non-hydrogen) atoms. The lowest BCUT2D eigenvalue weighted by atomic mass is 10.2. The third-order valence-electron chi connectivity index (χ3n) is 4.32. The van der Waals surface area contributed by atoms with Crippen molar-refractivity contribution in [2.45, 2.75) is 19.5 Å². The van der Waals surface area contributed by atoms with Crippen molar-refractivity contribution < 1.29 is 8.78 Å². The Balaban J connectivity index is 1.52. The minimum Gasteiger partial charge on any atom is -0.298 e. The Bertz CT molecular complexity index is 555. The Labute approximate surface area is 136 Å². The molecule has 0 aromatic heterocycles. The Morgan fingerprint density at radius 1 is 0.609 bits per heavy atom. The van der Waals surface area contributed by atoms with Crippen LogP contribution in [0.5, 0.6) is 0 Å². The van der Waals surface area contributed by atoms with Crippen molar-refractivity contribution in [2.75, 3.05) is 26.2 Å². The van der Waals surface area contributed by atoms with Crippen molar-refractivity contribution in [3.63, 3.8) is 0 Å². The third kappa shape index (κ3) is 4.85. The highest BCUT2D eigenvalue weighted by atomic mass is 19.1. The van der Waals surface area contributed by atoms with Gasteiger partial charge in [0.1, 0.15) is 11.6 Å². The molecule has 0 N–H and O–H groups in total. The van der Waals surface area contributed by atoms with Gasteiger partial charge in [0.05, 0.1) is 0 Å². The fourth-order valence-electron chi connectivity index (χ4n) is 3.04. The zero-order valence-corrected chi connectivity index (χ0v) is 13.2. The first-order valence-electron chi connectivity index (χ1n) is 8.13. The Hall–Kier alpha value is -1.78. The highest BCUT2D eigenvalue weighted by molar-refractivity contribution is 5.17. The van der Waals surface area contributed by atoms with Crippen LogP contribution in [0.4, 0.5) is 8.78 Å². The van der Waals surface area contributed by atoms with E-state index in [0.29, 0.717) is 0 Å². The van der Waals surface area contributed by atoms with E-state index in [1.54, 1.807) is 0 Å². The van der Waals surface area contributed by atoms with Crippen molar-refractivity contribution in [3.8, 4) is 0 Å². The molecule has 4 heteroatoms. The van der Waals surface area contributed by atoms with Crippen molar-refractivity contribution in [1.82, 2.24) is 9.80 Å². The summed E-state index contributed by atoms with van der Waals surface area (Å²) in [6.07, 6.45) is 1.11. The van der Waals surface area contributed by atoms with Gasteiger partial charge in [0.15, 0.2) is 0 Å². The van der Waals surface area contributed by atoms with Gasteiger partial charge in [-0.3, -0.25) is 9.80 Å². The molecule has 0 radical (unpaired) electrons. The number of hydrogen-bond donors (Lipinski definition) is 0. The molecule has 0 atom stereocenters. The molecule has 1 saturated heterocycles. The Morgan fingerprint density at radius 3 is 1.39 bits per heavy atom. The minimum atomic E-state index is -0.185. The molecule has 3 rings (SSSR count). The number of nitrogens with zero attached hydrogens (tertiary/aromatic N) is 2. The van der Waals surface area contributed by atoms with E-state index in [-0.39, 0.29) is 11.6 Å². The van der Waals surface area contributed by atoms with Gasteiger partial charge in [-0.1, -0.05) is 24.3 Å². The lowest BCUT2D eigenvalue weighted by Gasteiger charge is -2.22. The molecule has 0 spiro atoms. The van der Waals surface area contributed by atoms with Crippen molar-refractivity contribution >= 4 is 0 Å². The summed E-state index contributed by atoms with van der Waals surface area (Å²) < 4.78 is 25.9. The Kier molecular flexibility index (Phi) is 5.36. The fraction of sp³-hybridized carbons (Fsp3) is 0.368. The van der Waals surface area contributed by atoms with Crippen LogP contribution in [0.2, 0.25) is 0 Å². The maximum absolute atomic E-state index is 13.0.